The average molecular weight is 324 g/mol. The van der Waals surface area contributed by atoms with Crippen molar-refractivity contribution >= 4 is 11.7 Å². The summed E-state index contributed by atoms with van der Waals surface area (Å²) < 4.78 is 39.1. The normalized spacial score (nSPS) is 15.3. The largest absolute Gasteiger partial charge is 0.417 e. The van der Waals surface area contributed by atoms with Crippen LogP contribution >= 0.6 is 0 Å². The number of aryl methyl sites for hydroxylation is 1. The predicted molar refractivity (Wildman–Crippen MR) is 77.1 cm³/mol. The summed E-state index contributed by atoms with van der Waals surface area (Å²) in [6.07, 6.45) is -0.928. The molecule has 3 rings (SSSR count). The molecular formula is C15H15F3N4O. The highest BCUT2D eigenvalue weighted by Crippen LogP contribution is 2.30. The van der Waals surface area contributed by atoms with Crippen molar-refractivity contribution in [3.05, 3.63) is 35.7 Å². The van der Waals surface area contributed by atoms with Crippen LogP contribution in [0.1, 0.15) is 30.5 Å². The monoisotopic (exact) mass is 324 g/mol. The second-order valence-corrected chi connectivity index (χ2v) is 5.60. The molecule has 0 radical (unpaired) electrons. The molecule has 1 saturated carbocycles. The van der Waals surface area contributed by atoms with Crippen LogP contribution in [0, 0.1) is 12.8 Å². The summed E-state index contributed by atoms with van der Waals surface area (Å²) in [7, 11) is 0. The highest BCUT2D eigenvalue weighted by atomic mass is 19.4. The van der Waals surface area contributed by atoms with Gasteiger partial charge in [-0.05, 0) is 31.9 Å². The lowest BCUT2D eigenvalue weighted by atomic mass is 9.85. The summed E-state index contributed by atoms with van der Waals surface area (Å²) in [5, 5.41) is 6.96. The number of carbonyl (C=O) groups is 1. The minimum atomic E-state index is -4.44. The molecule has 0 spiro atoms. The first kappa shape index (κ1) is 15.5. The predicted octanol–water partition coefficient (Wildman–Crippen LogP) is 3.33. The SMILES string of the molecule is Cc1cc(NC(=O)C2CCC2)n(-c2ccc(C(F)(F)F)cn2)n1. The van der Waals surface area contributed by atoms with Crippen LogP contribution in [-0.4, -0.2) is 20.7 Å². The van der Waals surface area contributed by atoms with E-state index in [-0.39, 0.29) is 17.6 Å². The molecule has 2 aromatic rings. The van der Waals surface area contributed by atoms with Gasteiger partial charge < -0.3 is 5.32 Å². The first-order chi connectivity index (χ1) is 10.8. The first-order valence-electron chi connectivity index (χ1n) is 7.26. The van der Waals surface area contributed by atoms with E-state index in [1.807, 2.05) is 0 Å². The number of halogens is 3. The van der Waals surface area contributed by atoms with Crippen LogP contribution in [0.25, 0.3) is 5.82 Å². The second-order valence-electron chi connectivity index (χ2n) is 5.60. The third-order valence-corrected chi connectivity index (χ3v) is 3.85. The van der Waals surface area contributed by atoms with Crippen molar-refractivity contribution in [3.8, 4) is 5.82 Å². The van der Waals surface area contributed by atoms with Crippen LogP contribution in [0.5, 0.6) is 0 Å². The van der Waals surface area contributed by atoms with E-state index in [1.54, 1.807) is 13.0 Å². The number of anilines is 1. The molecule has 1 N–H and O–H groups in total. The molecule has 1 fully saturated rings. The van der Waals surface area contributed by atoms with Crippen LogP contribution < -0.4 is 5.32 Å². The van der Waals surface area contributed by atoms with Gasteiger partial charge in [-0.25, -0.2) is 4.98 Å². The molecule has 0 atom stereocenters. The fraction of sp³-hybridized carbons (Fsp3) is 0.400. The molecule has 0 aliphatic heterocycles. The molecule has 23 heavy (non-hydrogen) atoms. The van der Waals surface area contributed by atoms with E-state index >= 15 is 0 Å². The van der Waals surface area contributed by atoms with Crippen LogP contribution in [0.4, 0.5) is 19.0 Å². The Hall–Kier alpha value is -2.38. The Balaban J connectivity index is 1.86. The zero-order valence-electron chi connectivity index (χ0n) is 12.4. The molecule has 2 heterocycles. The molecule has 122 valence electrons. The van der Waals surface area contributed by atoms with E-state index in [0.717, 1.165) is 31.5 Å². The fourth-order valence-corrected chi connectivity index (χ4v) is 2.34. The summed E-state index contributed by atoms with van der Waals surface area (Å²) in [4.78, 5) is 15.9. The van der Waals surface area contributed by atoms with Gasteiger partial charge in [0.15, 0.2) is 5.82 Å². The Morgan fingerprint density at radius 2 is 2.09 bits per heavy atom. The van der Waals surface area contributed by atoms with Gasteiger partial charge in [0.2, 0.25) is 5.91 Å². The molecule has 5 nitrogen and oxygen atoms in total. The van der Waals surface area contributed by atoms with Crippen molar-refractivity contribution in [3.63, 3.8) is 0 Å². The lowest BCUT2D eigenvalue weighted by Crippen LogP contribution is -2.29. The van der Waals surface area contributed by atoms with Crippen molar-refractivity contribution < 1.29 is 18.0 Å². The molecule has 8 heteroatoms. The molecule has 1 aliphatic rings. The van der Waals surface area contributed by atoms with Gasteiger partial charge >= 0.3 is 6.18 Å². The van der Waals surface area contributed by atoms with E-state index in [1.165, 1.54) is 10.7 Å². The summed E-state index contributed by atoms with van der Waals surface area (Å²) in [6.45, 7) is 1.74. The van der Waals surface area contributed by atoms with Crippen molar-refractivity contribution in [2.24, 2.45) is 5.92 Å². The maximum Gasteiger partial charge on any atom is 0.417 e. The Kier molecular flexibility index (Phi) is 3.83. The third kappa shape index (κ3) is 3.20. The molecule has 0 saturated heterocycles. The number of hydrogen-bond acceptors (Lipinski definition) is 3. The lowest BCUT2D eigenvalue weighted by Gasteiger charge is -2.24. The summed E-state index contributed by atoms with van der Waals surface area (Å²) in [5.74, 6) is 0.533. The second kappa shape index (κ2) is 5.68. The minimum Gasteiger partial charge on any atom is -0.310 e. The number of amides is 1. The number of aromatic nitrogens is 3. The quantitative estimate of drug-likeness (QED) is 0.942. The maximum atomic E-state index is 12.6. The summed E-state index contributed by atoms with van der Waals surface area (Å²) in [5.41, 5.74) is -0.194. The van der Waals surface area contributed by atoms with E-state index in [0.29, 0.717) is 11.5 Å². The van der Waals surface area contributed by atoms with E-state index in [2.05, 4.69) is 15.4 Å². The summed E-state index contributed by atoms with van der Waals surface area (Å²) in [6, 6.07) is 3.83. The molecular weight excluding hydrogens is 309 g/mol. The van der Waals surface area contributed by atoms with Crippen molar-refractivity contribution in [2.75, 3.05) is 5.32 Å². The average Bonchev–Trinajstić information content (AvgIpc) is 2.76. The van der Waals surface area contributed by atoms with Crippen LogP contribution in [0.2, 0.25) is 0 Å². The number of hydrogen-bond donors (Lipinski definition) is 1. The smallest absolute Gasteiger partial charge is 0.310 e. The Labute approximate surface area is 130 Å². The van der Waals surface area contributed by atoms with E-state index < -0.39 is 11.7 Å². The number of alkyl halides is 3. The van der Waals surface area contributed by atoms with Gasteiger partial charge in [-0.15, -0.1) is 0 Å². The topological polar surface area (TPSA) is 59.8 Å². The van der Waals surface area contributed by atoms with Gasteiger partial charge in [-0.2, -0.15) is 23.0 Å². The van der Waals surface area contributed by atoms with E-state index in [9.17, 15) is 18.0 Å². The zero-order valence-corrected chi connectivity index (χ0v) is 12.4. The minimum absolute atomic E-state index is 0.000722. The number of carbonyl (C=O) groups excluding carboxylic acids is 1. The summed E-state index contributed by atoms with van der Waals surface area (Å²) >= 11 is 0. The molecule has 0 aromatic carbocycles. The van der Waals surface area contributed by atoms with Crippen LogP contribution in [0.3, 0.4) is 0 Å². The van der Waals surface area contributed by atoms with Crippen LogP contribution in [-0.2, 0) is 11.0 Å². The number of pyridine rings is 1. The van der Waals surface area contributed by atoms with Crippen molar-refractivity contribution in [1.82, 2.24) is 14.8 Å². The number of rotatable bonds is 3. The Morgan fingerprint density at radius 3 is 2.61 bits per heavy atom. The highest BCUT2D eigenvalue weighted by Gasteiger charge is 2.31. The maximum absolute atomic E-state index is 12.6. The highest BCUT2D eigenvalue weighted by molar-refractivity contribution is 5.92. The van der Waals surface area contributed by atoms with Gasteiger partial charge in [0, 0.05) is 18.2 Å². The molecule has 1 amide bonds. The fourth-order valence-electron chi connectivity index (χ4n) is 2.34. The molecule has 2 aromatic heterocycles. The van der Waals surface area contributed by atoms with Crippen molar-refractivity contribution in [2.45, 2.75) is 32.4 Å². The van der Waals surface area contributed by atoms with Gasteiger partial charge in [0.05, 0.1) is 11.3 Å². The third-order valence-electron chi connectivity index (χ3n) is 3.85. The standard InChI is InChI=1S/C15H15F3N4O/c1-9-7-13(20-14(23)10-3-2-4-10)22(21-9)12-6-5-11(8-19-12)15(16,17)18/h5-8,10H,2-4H2,1H3,(H,20,23). The Morgan fingerprint density at radius 1 is 1.35 bits per heavy atom. The molecule has 0 bridgehead atoms. The number of nitrogens with zero attached hydrogens (tertiary/aromatic N) is 3. The number of nitrogens with one attached hydrogen (secondary N) is 1. The van der Waals surface area contributed by atoms with Gasteiger partial charge in [-0.1, -0.05) is 6.42 Å². The van der Waals surface area contributed by atoms with Crippen LogP contribution in [0.15, 0.2) is 24.4 Å². The van der Waals surface area contributed by atoms with Gasteiger partial charge in [0.1, 0.15) is 5.82 Å². The van der Waals surface area contributed by atoms with E-state index in [4.69, 9.17) is 0 Å². The lowest BCUT2D eigenvalue weighted by molar-refractivity contribution is -0.137. The van der Waals surface area contributed by atoms with Gasteiger partial charge in [-0.3, -0.25) is 4.79 Å². The molecule has 1 aliphatic carbocycles. The zero-order chi connectivity index (χ0) is 16.6. The first-order valence-corrected chi connectivity index (χ1v) is 7.26. The molecule has 0 unspecified atom stereocenters. The Bertz CT molecular complexity index is 717. The van der Waals surface area contributed by atoms with Crippen molar-refractivity contribution in [1.29, 1.82) is 0 Å². The van der Waals surface area contributed by atoms with Gasteiger partial charge in [0.25, 0.3) is 0 Å².